The molecule has 0 radical (unpaired) electrons. The standard InChI is InChI=1S/C20H22N6O2/c1-5-19-23-16-9-13(7-8-17(16)26(19)6-2)22-20(27)18-10-15(24-28-18)14-11-21-25(4)12(14)3/h7-11H,5-6H2,1-4H3,(H,22,27). The summed E-state index contributed by atoms with van der Waals surface area (Å²) in [6.07, 6.45) is 2.57. The molecule has 0 unspecified atom stereocenters. The lowest BCUT2D eigenvalue weighted by atomic mass is 10.2. The largest absolute Gasteiger partial charge is 0.350 e. The average Bonchev–Trinajstić information content (AvgIpc) is 3.39. The van der Waals surface area contributed by atoms with Crippen LogP contribution >= 0.6 is 0 Å². The molecule has 0 saturated heterocycles. The zero-order chi connectivity index (χ0) is 19.8. The van der Waals surface area contributed by atoms with E-state index in [4.69, 9.17) is 4.52 Å². The number of fused-ring (bicyclic) bond motifs is 1. The van der Waals surface area contributed by atoms with E-state index < -0.39 is 0 Å². The number of hydrogen-bond acceptors (Lipinski definition) is 5. The third-order valence-electron chi connectivity index (χ3n) is 4.96. The molecular weight excluding hydrogens is 356 g/mol. The molecule has 3 heterocycles. The first-order valence-corrected chi connectivity index (χ1v) is 9.28. The second-order valence-electron chi connectivity index (χ2n) is 6.63. The molecule has 0 spiro atoms. The maximum Gasteiger partial charge on any atom is 0.294 e. The molecule has 0 saturated carbocycles. The summed E-state index contributed by atoms with van der Waals surface area (Å²) in [5.74, 6) is 0.824. The van der Waals surface area contributed by atoms with Gasteiger partial charge < -0.3 is 14.4 Å². The lowest BCUT2D eigenvalue weighted by molar-refractivity contribution is 0.0988. The van der Waals surface area contributed by atoms with Crippen molar-refractivity contribution in [3.8, 4) is 11.3 Å². The Morgan fingerprint density at radius 2 is 2.07 bits per heavy atom. The van der Waals surface area contributed by atoms with Crippen molar-refractivity contribution in [2.75, 3.05) is 5.32 Å². The molecule has 4 aromatic rings. The number of nitrogens with one attached hydrogen (secondary N) is 1. The zero-order valence-electron chi connectivity index (χ0n) is 16.4. The van der Waals surface area contributed by atoms with Crippen LogP contribution in [0.15, 0.2) is 35.0 Å². The summed E-state index contributed by atoms with van der Waals surface area (Å²) in [6, 6.07) is 7.35. The summed E-state index contributed by atoms with van der Waals surface area (Å²) >= 11 is 0. The van der Waals surface area contributed by atoms with Crippen LogP contribution in [0.4, 0.5) is 5.69 Å². The first-order valence-electron chi connectivity index (χ1n) is 9.28. The lowest BCUT2D eigenvalue weighted by Gasteiger charge is -2.05. The van der Waals surface area contributed by atoms with E-state index in [0.29, 0.717) is 11.4 Å². The van der Waals surface area contributed by atoms with Crippen LogP contribution in [-0.4, -0.2) is 30.4 Å². The van der Waals surface area contributed by atoms with E-state index in [9.17, 15) is 4.79 Å². The molecule has 0 fully saturated rings. The highest BCUT2D eigenvalue weighted by atomic mass is 16.5. The van der Waals surface area contributed by atoms with Crippen molar-refractivity contribution >= 4 is 22.6 Å². The number of rotatable bonds is 5. The number of nitrogens with zero attached hydrogens (tertiary/aromatic N) is 5. The number of carbonyl (C=O) groups is 1. The van der Waals surface area contributed by atoms with Gasteiger partial charge in [-0.25, -0.2) is 4.98 Å². The molecule has 0 atom stereocenters. The van der Waals surface area contributed by atoms with Gasteiger partial charge in [0.25, 0.3) is 5.91 Å². The Morgan fingerprint density at radius 1 is 1.25 bits per heavy atom. The molecule has 0 aliphatic heterocycles. The summed E-state index contributed by atoms with van der Waals surface area (Å²) in [5, 5.41) is 11.1. The number of hydrogen-bond donors (Lipinski definition) is 1. The minimum atomic E-state index is -0.356. The van der Waals surface area contributed by atoms with Crippen molar-refractivity contribution in [1.29, 1.82) is 0 Å². The predicted octanol–water partition coefficient (Wildman–Crippen LogP) is 3.57. The third-order valence-corrected chi connectivity index (χ3v) is 4.96. The van der Waals surface area contributed by atoms with E-state index in [-0.39, 0.29) is 11.7 Å². The maximum atomic E-state index is 12.6. The summed E-state index contributed by atoms with van der Waals surface area (Å²) in [4.78, 5) is 17.2. The summed E-state index contributed by atoms with van der Waals surface area (Å²) in [6.45, 7) is 6.98. The van der Waals surface area contributed by atoms with Crippen molar-refractivity contribution in [1.82, 2.24) is 24.5 Å². The number of benzene rings is 1. The predicted molar refractivity (Wildman–Crippen MR) is 106 cm³/mol. The number of aromatic nitrogens is 5. The van der Waals surface area contributed by atoms with Crippen LogP contribution in [0.25, 0.3) is 22.3 Å². The van der Waals surface area contributed by atoms with Crippen molar-refractivity contribution in [3.63, 3.8) is 0 Å². The molecule has 8 nitrogen and oxygen atoms in total. The van der Waals surface area contributed by atoms with Crippen molar-refractivity contribution < 1.29 is 9.32 Å². The molecule has 1 amide bonds. The fourth-order valence-electron chi connectivity index (χ4n) is 3.33. The van der Waals surface area contributed by atoms with E-state index >= 15 is 0 Å². The smallest absolute Gasteiger partial charge is 0.294 e. The van der Waals surface area contributed by atoms with E-state index in [1.54, 1.807) is 16.9 Å². The maximum absolute atomic E-state index is 12.6. The van der Waals surface area contributed by atoms with Crippen LogP contribution in [0, 0.1) is 6.92 Å². The van der Waals surface area contributed by atoms with Gasteiger partial charge >= 0.3 is 0 Å². The highest BCUT2D eigenvalue weighted by Crippen LogP contribution is 2.24. The lowest BCUT2D eigenvalue weighted by Crippen LogP contribution is -2.10. The fourth-order valence-corrected chi connectivity index (χ4v) is 3.33. The Hall–Kier alpha value is -3.42. The first kappa shape index (κ1) is 18.0. The minimum absolute atomic E-state index is 0.145. The fraction of sp³-hybridized carbons (Fsp3) is 0.300. The second-order valence-corrected chi connectivity index (χ2v) is 6.63. The Bertz CT molecular complexity index is 1170. The summed E-state index contributed by atoms with van der Waals surface area (Å²) in [7, 11) is 1.85. The van der Waals surface area contributed by atoms with Crippen molar-refractivity contribution in [2.24, 2.45) is 7.05 Å². The monoisotopic (exact) mass is 378 g/mol. The van der Waals surface area contributed by atoms with Crippen LogP contribution in [0.2, 0.25) is 0 Å². The van der Waals surface area contributed by atoms with Crippen molar-refractivity contribution in [3.05, 3.63) is 47.7 Å². The molecule has 3 aromatic heterocycles. The van der Waals surface area contributed by atoms with Crippen LogP contribution in [-0.2, 0) is 20.0 Å². The van der Waals surface area contributed by atoms with Gasteiger partial charge in [0.05, 0.1) is 17.2 Å². The molecule has 0 bridgehead atoms. The van der Waals surface area contributed by atoms with E-state index in [1.165, 1.54) is 0 Å². The topological polar surface area (TPSA) is 90.8 Å². The number of aryl methyl sites for hydroxylation is 3. The molecule has 0 aliphatic rings. The Kier molecular flexibility index (Phi) is 4.46. The number of anilines is 1. The van der Waals surface area contributed by atoms with Gasteiger partial charge in [0.15, 0.2) is 0 Å². The van der Waals surface area contributed by atoms with Gasteiger partial charge in [-0.15, -0.1) is 0 Å². The Balaban J connectivity index is 1.58. The zero-order valence-corrected chi connectivity index (χ0v) is 16.4. The van der Waals surface area contributed by atoms with Gasteiger partial charge in [0.1, 0.15) is 11.5 Å². The molecular formula is C20H22N6O2. The van der Waals surface area contributed by atoms with Crippen LogP contribution in [0.3, 0.4) is 0 Å². The van der Waals surface area contributed by atoms with E-state index in [1.807, 2.05) is 32.2 Å². The summed E-state index contributed by atoms with van der Waals surface area (Å²) in [5.41, 5.74) is 4.96. The normalized spacial score (nSPS) is 11.3. The number of carbonyl (C=O) groups excluding carboxylic acids is 1. The van der Waals surface area contributed by atoms with Gasteiger partial charge in [0, 0.05) is 43.0 Å². The van der Waals surface area contributed by atoms with Crippen molar-refractivity contribution in [2.45, 2.75) is 33.7 Å². The molecule has 0 aliphatic carbocycles. The Labute approximate surface area is 162 Å². The highest BCUT2D eigenvalue weighted by molar-refractivity contribution is 6.03. The summed E-state index contributed by atoms with van der Waals surface area (Å²) < 4.78 is 9.17. The van der Waals surface area contributed by atoms with Gasteiger partial charge in [-0.2, -0.15) is 5.10 Å². The molecule has 1 N–H and O–H groups in total. The van der Waals surface area contributed by atoms with Crippen LogP contribution < -0.4 is 5.32 Å². The minimum Gasteiger partial charge on any atom is -0.350 e. The first-order chi connectivity index (χ1) is 13.5. The van der Waals surface area contributed by atoms with Gasteiger partial charge in [-0.3, -0.25) is 9.48 Å². The highest BCUT2D eigenvalue weighted by Gasteiger charge is 2.17. The molecule has 4 rings (SSSR count). The van der Waals surface area contributed by atoms with E-state index in [0.717, 1.165) is 41.1 Å². The molecule has 1 aromatic carbocycles. The second kappa shape index (κ2) is 6.95. The quantitative estimate of drug-likeness (QED) is 0.573. The van der Waals surface area contributed by atoms with E-state index in [2.05, 4.69) is 39.0 Å². The molecule has 144 valence electrons. The van der Waals surface area contributed by atoms with Crippen LogP contribution in [0.5, 0.6) is 0 Å². The third kappa shape index (κ3) is 2.96. The Morgan fingerprint density at radius 3 is 2.75 bits per heavy atom. The van der Waals surface area contributed by atoms with Gasteiger partial charge in [0.2, 0.25) is 5.76 Å². The molecule has 28 heavy (non-hydrogen) atoms. The number of imidazole rings is 1. The van der Waals surface area contributed by atoms with Gasteiger partial charge in [-0.1, -0.05) is 12.1 Å². The average molecular weight is 378 g/mol. The van der Waals surface area contributed by atoms with Gasteiger partial charge in [-0.05, 0) is 32.0 Å². The number of amides is 1. The molecule has 8 heteroatoms. The SMILES string of the molecule is CCc1nc2cc(NC(=O)c3cc(-c4cnn(C)c4C)no3)ccc2n1CC. The van der Waals surface area contributed by atoms with Crippen LogP contribution in [0.1, 0.15) is 35.9 Å².